The number of hydrogen-bond donors (Lipinski definition) is 1. The van der Waals surface area contributed by atoms with Gasteiger partial charge in [0.05, 0.1) is 12.7 Å². The largest absolute Gasteiger partial charge is 0.398 e. The second-order valence-electron chi connectivity index (χ2n) is 5.26. The lowest BCUT2D eigenvalue weighted by Gasteiger charge is -2.10. The number of nitrogens with zero attached hydrogens (tertiary/aromatic N) is 4. The third-order valence-electron chi connectivity index (χ3n) is 3.82. The molecule has 0 radical (unpaired) electrons. The van der Waals surface area contributed by atoms with Crippen LogP contribution in [0.2, 0.25) is 0 Å². The van der Waals surface area contributed by atoms with E-state index in [0.717, 1.165) is 28.2 Å². The summed E-state index contributed by atoms with van der Waals surface area (Å²) in [5.41, 5.74) is 11.2. The molecule has 0 atom stereocenters. The van der Waals surface area contributed by atoms with Gasteiger partial charge in [0, 0.05) is 47.4 Å². The fraction of sp³-hybridized carbons (Fsp3) is 0. The molecule has 2 N–H and O–H groups in total. The lowest BCUT2D eigenvalue weighted by molar-refractivity contribution is 1.06. The van der Waals surface area contributed by atoms with E-state index in [1.165, 1.54) is 0 Å². The lowest BCUT2D eigenvalue weighted by Crippen LogP contribution is -1.96. The minimum atomic E-state index is 0.742. The average molecular weight is 301 g/mol. The molecule has 0 saturated carbocycles. The molecule has 0 fully saturated rings. The van der Waals surface area contributed by atoms with E-state index < -0.39 is 0 Å². The first-order chi connectivity index (χ1) is 11.3. The Morgan fingerprint density at radius 2 is 1.35 bits per heavy atom. The normalized spacial score (nSPS) is 10.8. The SMILES string of the molecule is Nc1cc(-n2ccnc2)ccc1-c1ccc(-n2ccnc2)cc1. The molecule has 0 bridgehead atoms. The van der Waals surface area contributed by atoms with E-state index in [4.69, 9.17) is 5.73 Å². The maximum Gasteiger partial charge on any atom is 0.0991 e. The highest BCUT2D eigenvalue weighted by Gasteiger charge is 2.05. The molecule has 5 nitrogen and oxygen atoms in total. The van der Waals surface area contributed by atoms with Gasteiger partial charge in [-0.15, -0.1) is 0 Å². The van der Waals surface area contributed by atoms with E-state index in [9.17, 15) is 0 Å². The zero-order valence-corrected chi connectivity index (χ0v) is 12.4. The highest BCUT2D eigenvalue weighted by atomic mass is 15.0. The van der Waals surface area contributed by atoms with Gasteiger partial charge in [0.1, 0.15) is 0 Å². The predicted molar refractivity (Wildman–Crippen MR) is 90.5 cm³/mol. The fourth-order valence-corrected chi connectivity index (χ4v) is 2.61. The van der Waals surface area contributed by atoms with E-state index in [-0.39, 0.29) is 0 Å². The summed E-state index contributed by atoms with van der Waals surface area (Å²) < 4.78 is 3.90. The maximum absolute atomic E-state index is 6.24. The van der Waals surface area contributed by atoms with Gasteiger partial charge in [0.15, 0.2) is 0 Å². The van der Waals surface area contributed by atoms with Gasteiger partial charge in [-0.1, -0.05) is 18.2 Å². The average Bonchev–Trinajstić information content (AvgIpc) is 3.29. The molecule has 112 valence electrons. The highest BCUT2D eigenvalue weighted by molar-refractivity contribution is 5.78. The summed E-state index contributed by atoms with van der Waals surface area (Å²) in [6, 6.07) is 14.3. The van der Waals surface area contributed by atoms with Crippen molar-refractivity contribution in [3.63, 3.8) is 0 Å². The van der Waals surface area contributed by atoms with Crippen molar-refractivity contribution in [2.45, 2.75) is 0 Å². The second kappa shape index (κ2) is 5.46. The van der Waals surface area contributed by atoms with Gasteiger partial charge in [-0.2, -0.15) is 0 Å². The van der Waals surface area contributed by atoms with Crippen LogP contribution in [0.1, 0.15) is 0 Å². The summed E-state index contributed by atoms with van der Waals surface area (Å²) in [4.78, 5) is 8.12. The van der Waals surface area contributed by atoms with Crippen LogP contribution in [-0.2, 0) is 0 Å². The van der Waals surface area contributed by atoms with Gasteiger partial charge in [-0.3, -0.25) is 0 Å². The number of rotatable bonds is 3. The van der Waals surface area contributed by atoms with Gasteiger partial charge >= 0.3 is 0 Å². The van der Waals surface area contributed by atoms with Crippen molar-refractivity contribution in [2.24, 2.45) is 0 Å². The summed E-state index contributed by atoms with van der Waals surface area (Å²) in [7, 11) is 0. The topological polar surface area (TPSA) is 61.7 Å². The van der Waals surface area contributed by atoms with Crippen molar-refractivity contribution in [2.75, 3.05) is 5.73 Å². The molecular formula is C18H15N5. The first kappa shape index (κ1) is 13.3. The molecule has 0 aliphatic rings. The Labute approximate surface area is 133 Å². The number of hydrogen-bond acceptors (Lipinski definition) is 3. The van der Waals surface area contributed by atoms with Crippen molar-refractivity contribution in [1.29, 1.82) is 0 Å². The van der Waals surface area contributed by atoms with Crippen molar-refractivity contribution in [1.82, 2.24) is 19.1 Å². The number of anilines is 1. The highest BCUT2D eigenvalue weighted by Crippen LogP contribution is 2.28. The first-order valence-electron chi connectivity index (χ1n) is 7.28. The molecule has 2 aromatic heterocycles. The molecule has 5 heteroatoms. The Bertz CT molecular complexity index is 907. The Hall–Kier alpha value is -3.34. The number of imidazole rings is 2. The van der Waals surface area contributed by atoms with E-state index in [0.29, 0.717) is 0 Å². The molecule has 0 saturated heterocycles. The van der Waals surface area contributed by atoms with Crippen LogP contribution in [0.3, 0.4) is 0 Å². The summed E-state index contributed by atoms with van der Waals surface area (Å²) in [6.45, 7) is 0. The van der Waals surface area contributed by atoms with Gasteiger partial charge in [-0.05, 0) is 29.8 Å². The molecule has 0 aliphatic heterocycles. The van der Waals surface area contributed by atoms with Crippen LogP contribution in [0.5, 0.6) is 0 Å². The molecule has 0 aliphatic carbocycles. The van der Waals surface area contributed by atoms with Gasteiger partial charge in [-0.25, -0.2) is 9.97 Å². The second-order valence-corrected chi connectivity index (χ2v) is 5.26. The maximum atomic E-state index is 6.24. The first-order valence-corrected chi connectivity index (χ1v) is 7.28. The van der Waals surface area contributed by atoms with Gasteiger partial charge in [0.2, 0.25) is 0 Å². The van der Waals surface area contributed by atoms with Crippen LogP contribution in [0, 0.1) is 0 Å². The fourth-order valence-electron chi connectivity index (χ4n) is 2.61. The number of nitrogen functional groups attached to an aromatic ring is 1. The van der Waals surface area contributed by atoms with E-state index >= 15 is 0 Å². The zero-order valence-electron chi connectivity index (χ0n) is 12.4. The van der Waals surface area contributed by atoms with Gasteiger partial charge in [0.25, 0.3) is 0 Å². The van der Waals surface area contributed by atoms with Crippen LogP contribution >= 0.6 is 0 Å². The third kappa shape index (κ3) is 2.48. The van der Waals surface area contributed by atoms with Crippen molar-refractivity contribution < 1.29 is 0 Å². The summed E-state index contributed by atoms with van der Waals surface area (Å²) in [5.74, 6) is 0. The zero-order chi connectivity index (χ0) is 15.6. The Kier molecular flexibility index (Phi) is 3.16. The standard InChI is InChI=1S/C18H15N5/c19-18-11-16(23-10-8-21-13-23)5-6-17(18)14-1-3-15(4-2-14)22-9-7-20-12-22/h1-13H,19H2. The third-order valence-corrected chi connectivity index (χ3v) is 3.82. The van der Waals surface area contributed by atoms with Crippen molar-refractivity contribution >= 4 is 5.69 Å². The molecule has 0 unspecified atom stereocenters. The molecular weight excluding hydrogens is 286 g/mol. The Morgan fingerprint density at radius 1 is 0.739 bits per heavy atom. The van der Waals surface area contributed by atoms with Crippen LogP contribution in [0.15, 0.2) is 79.9 Å². The number of nitrogens with two attached hydrogens (primary N) is 1. The van der Waals surface area contributed by atoms with E-state index in [1.54, 1.807) is 25.0 Å². The van der Waals surface area contributed by atoms with Crippen molar-refractivity contribution in [3.05, 3.63) is 79.9 Å². The van der Waals surface area contributed by atoms with Crippen LogP contribution < -0.4 is 5.73 Å². The minimum absolute atomic E-state index is 0.742. The smallest absolute Gasteiger partial charge is 0.0991 e. The molecule has 0 amide bonds. The molecule has 0 spiro atoms. The predicted octanol–water partition coefficient (Wildman–Crippen LogP) is 3.31. The molecule has 2 aromatic carbocycles. The molecule has 4 aromatic rings. The number of benzene rings is 2. The Morgan fingerprint density at radius 3 is 1.91 bits per heavy atom. The molecule has 4 rings (SSSR count). The molecule has 23 heavy (non-hydrogen) atoms. The minimum Gasteiger partial charge on any atom is -0.398 e. The summed E-state index contributed by atoms with van der Waals surface area (Å²) >= 11 is 0. The van der Waals surface area contributed by atoms with Crippen molar-refractivity contribution in [3.8, 4) is 22.5 Å². The van der Waals surface area contributed by atoms with Crippen LogP contribution in [-0.4, -0.2) is 19.1 Å². The summed E-state index contributed by atoms with van der Waals surface area (Å²) in [5, 5.41) is 0. The monoisotopic (exact) mass is 301 g/mol. The van der Waals surface area contributed by atoms with Crippen LogP contribution in [0.4, 0.5) is 5.69 Å². The van der Waals surface area contributed by atoms with E-state index in [2.05, 4.69) is 34.2 Å². The van der Waals surface area contributed by atoms with Crippen LogP contribution in [0.25, 0.3) is 22.5 Å². The quantitative estimate of drug-likeness (QED) is 0.591. The number of aromatic nitrogens is 4. The summed E-state index contributed by atoms with van der Waals surface area (Å²) in [6.07, 6.45) is 10.9. The molecule has 2 heterocycles. The van der Waals surface area contributed by atoms with Gasteiger partial charge < -0.3 is 14.9 Å². The lowest BCUT2D eigenvalue weighted by atomic mass is 10.0. The van der Waals surface area contributed by atoms with E-state index in [1.807, 2.05) is 39.7 Å². The Balaban J connectivity index is 1.68.